The molecule has 2 aromatic rings. The number of benzene rings is 1. The number of aromatic nitrogens is 2. The van der Waals surface area contributed by atoms with Gasteiger partial charge >= 0.3 is 5.97 Å². The number of carbonyl (C=O) groups is 1. The molecule has 0 unspecified atom stereocenters. The number of hydrogen-bond acceptors (Lipinski definition) is 5. The van der Waals surface area contributed by atoms with Gasteiger partial charge in [-0.3, -0.25) is 0 Å². The van der Waals surface area contributed by atoms with Crippen LogP contribution in [0.2, 0.25) is 0 Å². The summed E-state index contributed by atoms with van der Waals surface area (Å²) in [5, 5.41) is 12.8. The minimum absolute atomic E-state index is 0.138. The van der Waals surface area contributed by atoms with Crippen LogP contribution in [-0.4, -0.2) is 34.9 Å². The Morgan fingerprint density at radius 2 is 2.22 bits per heavy atom. The van der Waals surface area contributed by atoms with Crippen LogP contribution in [0.25, 0.3) is 11.5 Å². The lowest BCUT2D eigenvalue weighted by Crippen LogP contribution is -1.99. The van der Waals surface area contributed by atoms with E-state index in [1.807, 2.05) is 0 Å². The molecule has 1 heterocycles. The first-order valence-electron chi connectivity index (χ1n) is 5.36. The molecule has 0 saturated heterocycles. The molecule has 6 nitrogen and oxygen atoms in total. The highest BCUT2D eigenvalue weighted by molar-refractivity contribution is 5.94. The molecule has 0 amide bonds. The van der Waals surface area contributed by atoms with E-state index in [2.05, 4.69) is 10.1 Å². The number of methoxy groups -OCH3 is 1. The molecule has 0 aliphatic rings. The summed E-state index contributed by atoms with van der Waals surface area (Å²) in [6.45, 7) is 0.486. The lowest BCUT2D eigenvalue weighted by atomic mass is 10.1. The lowest BCUT2D eigenvalue weighted by Gasteiger charge is -1.99. The van der Waals surface area contributed by atoms with Crippen molar-refractivity contribution in [3.05, 3.63) is 35.7 Å². The standard InChI is InChI=1S/C12H12N2O4/c1-17-7-6-10-13-11(18-14-10)8-4-2-3-5-9(8)12(15)16/h2-5H,6-7H2,1H3,(H,15,16). The van der Waals surface area contributed by atoms with Gasteiger partial charge in [-0.25, -0.2) is 4.79 Å². The summed E-state index contributed by atoms with van der Waals surface area (Å²) in [6.07, 6.45) is 0.523. The summed E-state index contributed by atoms with van der Waals surface area (Å²) in [5.74, 6) is -0.326. The molecule has 0 aliphatic carbocycles. The largest absolute Gasteiger partial charge is 0.478 e. The highest BCUT2D eigenvalue weighted by Crippen LogP contribution is 2.21. The van der Waals surface area contributed by atoms with Crippen molar-refractivity contribution in [1.82, 2.24) is 10.1 Å². The Hall–Kier alpha value is -2.21. The van der Waals surface area contributed by atoms with E-state index >= 15 is 0 Å². The predicted octanol–water partition coefficient (Wildman–Crippen LogP) is 1.62. The number of carboxylic acids is 1. The Labute approximate surface area is 103 Å². The number of carboxylic acid groups (broad SMARTS) is 1. The molecular formula is C12H12N2O4. The average Bonchev–Trinajstić information content (AvgIpc) is 2.85. The SMILES string of the molecule is COCCc1noc(-c2ccccc2C(=O)O)n1. The number of aromatic carboxylic acids is 1. The van der Waals surface area contributed by atoms with Crippen LogP contribution in [0.1, 0.15) is 16.2 Å². The van der Waals surface area contributed by atoms with E-state index in [0.717, 1.165) is 0 Å². The Morgan fingerprint density at radius 3 is 2.94 bits per heavy atom. The maximum atomic E-state index is 11.1. The molecule has 0 fully saturated rings. The minimum Gasteiger partial charge on any atom is -0.478 e. The summed E-state index contributed by atoms with van der Waals surface area (Å²) in [5.41, 5.74) is 0.556. The van der Waals surface area contributed by atoms with Crippen molar-refractivity contribution in [2.24, 2.45) is 0 Å². The number of nitrogens with zero attached hydrogens (tertiary/aromatic N) is 2. The Morgan fingerprint density at radius 1 is 1.44 bits per heavy atom. The van der Waals surface area contributed by atoms with Gasteiger partial charge in [0.05, 0.1) is 17.7 Å². The normalized spacial score (nSPS) is 10.5. The molecule has 94 valence electrons. The first-order valence-corrected chi connectivity index (χ1v) is 5.36. The van der Waals surface area contributed by atoms with Gasteiger partial charge in [-0.05, 0) is 12.1 Å². The van der Waals surface area contributed by atoms with Gasteiger partial charge in [-0.1, -0.05) is 17.3 Å². The van der Waals surface area contributed by atoms with E-state index in [0.29, 0.717) is 24.4 Å². The zero-order chi connectivity index (χ0) is 13.0. The zero-order valence-corrected chi connectivity index (χ0v) is 9.79. The molecular weight excluding hydrogens is 236 g/mol. The fourth-order valence-corrected chi connectivity index (χ4v) is 1.51. The summed E-state index contributed by atoms with van der Waals surface area (Å²) < 4.78 is 9.97. The lowest BCUT2D eigenvalue weighted by molar-refractivity contribution is 0.0697. The topological polar surface area (TPSA) is 85.5 Å². The van der Waals surface area contributed by atoms with Crippen LogP contribution in [-0.2, 0) is 11.2 Å². The Bertz CT molecular complexity index is 551. The third kappa shape index (κ3) is 2.54. The van der Waals surface area contributed by atoms with E-state index in [9.17, 15) is 4.79 Å². The van der Waals surface area contributed by atoms with E-state index in [1.54, 1.807) is 25.3 Å². The highest BCUT2D eigenvalue weighted by Gasteiger charge is 2.16. The van der Waals surface area contributed by atoms with E-state index in [1.165, 1.54) is 6.07 Å². The van der Waals surface area contributed by atoms with Gasteiger partial charge in [-0.15, -0.1) is 0 Å². The smallest absolute Gasteiger partial charge is 0.336 e. The maximum Gasteiger partial charge on any atom is 0.336 e. The van der Waals surface area contributed by atoms with Crippen LogP contribution in [0.4, 0.5) is 0 Å². The van der Waals surface area contributed by atoms with Crippen molar-refractivity contribution in [2.45, 2.75) is 6.42 Å². The van der Waals surface area contributed by atoms with Crippen molar-refractivity contribution in [1.29, 1.82) is 0 Å². The highest BCUT2D eigenvalue weighted by atomic mass is 16.5. The van der Waals surface area contributed by atoms with Crippen LogP contribution in [0.3, 0.4) is 0 Å². The quantitative estimate of drug-likeness (QED) is 0.865. The second kappa shape index (κ2) is 5.42. The van der Waals surface area contributed by atoms with Crippen molar-refractivity contribution >= 4 is 5.97 Å². The molecule has 2 rings (SSSR count). The summed E-state index contributed by atoms with van der Waals surface area (Å²) in [7, 11) is 1.58. The monoisotopic (exact) mass is 248 g/mol. The van der Waals surface area contributed by atoms with Gasteiger partial charge in [0.1, 0.15) is 0 Å². The molecule has 1 N–H and O–H groups in total. The third-order valence-electron chi connectivity index (χ3n) is 2.39. The van der Waals surface area contributed by atoms with Gasteiger partial charge in [-0.2, -0.15) is 4.98 Å². The van der Waals surface area contributed by atoms with Gasteiger partial charge in [0, 0.05) is 13.5 Å². The first kappa shape index (κ1) is 12.3. The molecule has 0 saturated carbocycles. The molecule has 1 aromatic heterocycles. The van der Waals surface area contributed by atoms with Crippen molar-refractivity contribution < 1.29 is 19.2 Å². The molecule has 0 radical (unpaired) electrons. The maximum absolute atomic E-state index is 11.1. The molecule has 0 atom stereocenters. The molecule has 18 heavy (non-hydrogen) atoms. The number of rotatable bonds is 5. The number of hydrogen-bond donors (Lipinski definition) is 1. The van der Waals surface area contributed by atoms with Crippen LogP contribution in [0, 0.1) is 0 Å². The van der Waals surface area contributed by atoms with Crippen LogP contribution in [0.15, 0.2) is 28.8 Å². The minimum atomic E-state index is -1.03. The van der Waals surface area contributed by atoms with Crippen molar-refractivity contribution in [2.75, 3.05) is 13.7 Å². The van der Waals surface area contributed by atoms with Crippen LogP contribution < -0.4 is 0 Å². The molecule has 0 bridgehead atoms. The Kier molecular flexibility index (Phi) is 3.69. The molecule has 0 spiro atoms. The molecule has 6 heteroatoms. The predicted molar refractivity (Wildman–Crippen MR) is 62.3 cm³/mol. The summed E-state index contributed by atoms with van der Waals surface area (Å²) >= 11 is 0. The first-order chi connectivity index (χ1) is 8.72. The zero-order valence-electron chi connectivity index (χ0n) is 9.79. The molecule has 0 aliphatic heterocycles. The van der Waals surface area contributed by atoms with Crippen molar-refractivity contribution in [3.63, 3.8) is 0 Å². The second-order valence-corrected chi connectivity index (χ2v) is 3.61. The van der Waals surface area contributed by atoms with E-state index in [-0.39, 0.29) is 11.5 Å². The van der Waals surface area contributed by atoms with Gasteiger partial charge in [0.15, 0.2) is 5.82 Å². The van der Waals surface area contributed by atoms with Gasteiger partial charge < -0.3 is 14.4 Å². The van der Waals surface area contributed by atoms with Crippen LogP contribution >= 0.6 is 0 Å². The second-order valence-electron chi connectivity index (χ2n) is 3.61. The summed E-state index contributed by atoms with van der Waals surface area (Å²) in [4.78, 5) is 15.2. The van der Waals surface area contributed by atoms with Gasteiger partial charge in [0.2, 0.25) is 0 Å². The Balaban J connectivity index is 2.31. The van der Waals surface area contributed by atoms with E-state index in [4.69, 9.17) is 14.4 Å². The van der Waals surface area contributed by atoms with Crippen LogP contribution in [0.5, 0.6) is 0 Å². The fraction of sp³-hybridized carbons (Fsp3) is 0.250. The number of ether oxygens (including phenoxy) is 1. The fourth-order valence-electron chi connectivity index (χ4n) is 1.51. The molecule has 1 aromatic carbocycles. The van der Waals surface area contributed by atoms with Gasteiger partial charge in [0.25, 0.3) is 5.89 Å². The third-order valence-corrected chi connectivity index (χ3v) is 2.39. The summed E-state index contributed by atoms with van der Waals surface area (Å²) in [6, 6.07) is 6.50. The average molecular weight is 248 g/mol. The van der Waals surface area contributed by atoms with E-state index < -0.39 is 5.97 Å². The van der Waals surface area contributed by atoms with Crippen molar-refractivity contribution in [3.8, 4) is 11.5 Å².